The number of carbonyl (C=O) groups is 2. The van der Waals surface area contributed by atoms with Crippen molar-refractivity contribution >= 4 is 40.0 Å². The lowest BCUT2D eigenvalue weighted by molar-refractivity contribution is -0.122. The second-order valence-corrected chi connectivity index (χ2v) is 5.49. The monoisotopic (exact) mass is 311 g/mol. The quantitative estimate of drug-likeness (QED) is 0.484. The third-order valence-electron chi connectivity index (χ3n) is 3.08. The van der Waals surface area contributed by atoms with Crippen LogP contribution in [0.5, 0.6) is 0 Å². The Morgan fingerprint density at radius 2 is 2.05 bits per heavy atom. The average Bonchev–Trinajstić information content (AvgIpc) is 2.76. The number of carbonyl (C=O) groups excluding carboxylic acids is 2. The number of rotatable bonds is 2. The first-order chi connectivity index (χ1) is 10.6. The molecule has 1 aromatic carbocycles. The highest BCUT2D eigenvalue weighted by Gasteiger charge is 2.34. The molecule has 1 fully saturated rings. The Kier molecular flexibility index (Phi) is 3.57. The van der Waals surface area contributed by atoms with Gasteiger partial charge < -0.3 is 4.42 Å². The maximum absolute atomic E-state index is 12.1. The zero-order valence-electron chi connectivity index (χ0n) is 11.2. The molecule has 1 aliphatic heterocycles. The summed E-state index contributed by atoms with van der Waals surface area (Å²) in [4.78, 5) is 36.8. The van der Waals surface area contributed by atoms with Crippen molar-refractivity contribution in [3.8, 4) is 12.3 Å². The molecule has 0 atom stereocenters. The molecule has 1 aromatic heterocycles. The van der Waals surface area contributed by atoms with Gasteiger partial charge in [0.25, 0.3) is 11.1 Å². The van der Waals surface area contributed by atoms with Gasteiger partial charge in [-0.2, -0.15) is 0 Å². The molecule has 0 spiro atoms. The Balaban J connectivity index is 2.04. The van der Waals surface area contributed by atoms with Gasteiger partial charge in [0.15, 0.2) is 0 Å². The van der Waals surface area contributed by atoms with Gasteiger partial charge in [-0.15, -0.1) is 6.42 Å². The molecule has 0 unspecified atom stereocenters. The molecule has 6 heteroatoms. The standard InChI is InChI=1S/C16H9NO4S/c1-2-7-17-14(18)13(22-16(17)20)9-11-8-10-5-3-4-6-12(10)21-15(11)19/h1,3-6,8-9H,7H2/b13-9-. The van der Waals surface area contributed by atoms with Gasteiger partial charge in [0.1, 0.15) is 5.58 Å². The van der Waals surface area contributed by atoms with E-state index in [0.29, 0.717) is 5.58 Å². The number of hydrogen-bond donors (Lipinski definition) is 0. The van der Waals surface area contributed by atoms with Crippen molar-refractivity contribution in [1.29, 1.82) is 0 Å². The molecule has 2 heterocycles. The molecule has 1 aliphatic rings. The Labute approximate surface area is 129 Å². The molecule has 2 amide bonds. The van der Waals surface area contributed by atoms with Crippen LogP contribution >= 0.6 is 11.8 Å². The second-order valence-electron chi connectivity index (χ2n) is 4.50. The van der Waals surface area contributed by atoms with Gasteiger partial charge in [0.05, 0.1) is 17.0 Å². The lowest BCUT2D eigenvalue weighted by atomic mass is 10.2. The molecule has 0 aliphatic carbocycles. The van der Waals surface area contributed by atoms with Gasteiger partial charge >= 0.3 is 5.63 Å². The summed E-state index contributed by atoms with van der Waals surface area (Å²) >= 11 is 0.753. The molecule has 3 rings (SSSR count). The molecule has 0 N–H and O–H groups in total. The number of benzene rings is 1. The summed E-state index contributed by atoms with van der Waals surface area (Å²) in [5.74, 6) is 1.75. The summed E-state index contributed by atoms with van der Waals surface area (Å²) in [5.41, 5.74) is 0.109. The largest absolute Gasteiger partial charge is 0.422 e. The molecular formula is C16H9NO4S. The first kappa shape index (κ1) is 14.2. The SMILES string of the molecule is C#CCN1C(=O)S/C(=C\c2cc3ccccc3oc2=O)C1=O. The molecule has 5 nitrogen and oxygen atoms in total. The Hall–Kier alpha value is -2.78. The third-order valence-corrected chi connectivity index (χ3v) is 3.99. The van der Waals surface area contributed by atoms with Crippen LogP contribution in [-0.4, -0.2) is 22.6 Å². The van der Waals surface area contributed by atoms with Crippen molar-refractivity contribution in [3.05, 3.63) is 51.2 Å². The molecule has 0 bridgehead atoms. The van der Waals surface area contributed by atoms with E-state index in [4.69, 9.17) is 10.8 Å². The zero-order chi connectivity index (χ0) is 15.7. The van der Waals surface area contributed by atoms with Crippen molar-refractivity contribution in [3.63, 3.8) is 0 Å². The highest BCUT2D eigenvalue weighted by molar-refractivity contribution is 8.18. The fraction of sp³-hybridized carbons (Fsp3) is 0.0625. The van der Waals surface area contributed by atoms with Crippen LogP contribution in [0.3, 0.4) is 0 Å². The maximum Gasteiger partial charge on any atom is 0.343 e. The number of fused-ring (bicyclic) bond motifs is 1. The molecule has 2 aromatic rings. The van der Waals surface area contributed by atoms with Crippen LogP contribution < -0.4 is 5.63 Å². The van der Waals surface area contributed by atoms with Crippen molar-refractivity contribution in [1.82, 2.24) is 4.90 Å². The highest BCUT2D eigenvalue weighted by atomic mass is 32.2. The van der Waals surface area contributed by atoms with Crippen LogP contribution in [0, 0.1) is 12.3 Å². The Morgan fingerprint density at radius 3 is 2.82 bits per heavy atom. The number of thioether (sulfide) groups is 1. The second kappa shape index (κ2) is 5.54. The van der Waals surface area contributed by atoms with Gasteiger partial charge in [-0.25, -0.2) is 4.79 Å². The maximum atomic E-state index is 12.1. The molecule has 0 saturated carbocycles. The summed E-state index contributed by atoms with van der Waals surface area (Å²) in [7, 11) is 0. The van der Waals surface area contributed by atoms with Crippen molar-refractivity contribution < 1.29 is 14.0 Å². The Morgan fingerprint density at radius 1 is 1.27 bits per heavy atom. The fourth-order valence-electron chi connectivity index (χ4n) is 2.05. The van der Waals surface area contributed by atoms with Crippen molar-refractivity contribution in [2.45, 2.75) is 0 Å². The summed E-state index contributed by atoms with van der Waals surface area (Å²) < 4.78 is 5.19. The molecule has 1 saturated heterocycles. The van der Waals surface area contributed by atoms with Gasteiger partial charge in [0, 0.05) is 5.39 Å². The summed E-state index contributed by atoms with van der Waals surface area (Å²) in [5, 5.41) is 0.288. The normalized spacial score (nSPS) is 16.5. The number of nitrogens with zero attached hydrogens (tertiary/aromatic N) is 1. The van der Waals surface area contributed by atoms with E-state index in [1.54, 1.807) is 24.3 Å². The van der Waals surface area contributed by atoms with Crippen LogP contribution in [0.15, 0.2) is 44.4 Å². The predicted octanol–water partition coefficient (Wildman–Crippen LogP) is 2.46. The number of para-hydroxylation sites is 1. The number of hydrogen-bond acceptors (Lipinski definition) is 5. The first-order valence-corrected chi connectivity index (χ1v) is 7.13. The van der Waals surface area contributed by atoms with E-state index >= 15 is 0 Å². The van der Waals surface area contributed by atoms with Crippen molar-refractivity contribution in [2.75, 3.05) is 6.54 Å². The van der Waals surface area contributed by atoms with Crippen LogP contribution in [0.2, 0.25) is 0 Å². The summed E-state index contributed by atoms with van der Waals surface area (Å²) in [6.07, 6.45) is 6.49. The van der Waals surface area contributed by atoms with Crippen molar-refractivity contribution in [2.24, 2.45) is 0 Å². The minimum atomic E-state index is -0.567. The van der Waals surface area contributed by atoms with E-state index in [2.05, 4.69) is 5.92 Å². The number of imide groups is 1. The van der Waals surface area contributed by atoms with E-state index < -0.39 is 16.8 Å². The zero-order valence-corrected chi connectivity index (χ0v) is 12.1. The minimum absolute atomic E-state index is 0.0890. The topological polar surface area (TPSA) is 67.6 Å². The average molecular weight is 311 g/mol. The van der Waals surface area contributed by atoms with E-state index in [0.717, 1.165) is 22.0 Å². The minimum Gasteiger partial charge on any atom is -0.422 e. The third kappa shape index (κ3) is 2.43. The Bertz CT molecular complexity index is 920. The fourth-order valence-corrected chi connectivity index (χ4v) is 2.88. The van der Waals surface area contributed by atoms with E-state index in [9.17, 15) is 14.4 Å². The van der Waals surface area contributed by atoms with Gasteiger partial charge in [-0.3, -0.25) is 14.5 Å². The molecule has 108 valence electrons. The first-order valence-electron chi connectivity index (χ1n) is 6.32. The van der Waals surface area contributed by atoms with Crippen LogP contribution in [-0.2, 0) is 4.79 Å². The van der Waals surface area contributed by atoms with E-state index in [1.165, 1.54) is 6.08 Å². The predicted molar refractivity (Wildman–Crippen MR) is 84.0 cm³/mol. The lowest BCUT2D eigenvalue weighted by Gasteiger charge is -2.06. The summed E-state index contributed by atoms with van der Waals surface area (Å²) in [6, 6.07) is 8.67. The lowest BCUT2D eigenvalue weighted by Crippen LogP contribution is -2.28. The highest BCUT2D eigenvalue weighted by Crippen LogP contribution is 2.31. The number of amides is 2. The number of terminal acetylenes is 1. The smallest absolute Gasteiger partial charge is 0.343 e. The van der Waals surface area contributed by atoms with Crippen LogP contribution in [0.25, 0.3) is 17.0 Å². The summed E-state index contributed by atoms with van der Waals surface area (Å²) in [6.45, 7) is -0.0890. The van der Waals surface area contributed by atoms with Crippen LogP contribution in [0.4, 0.5) is 4.79 Å². The van der Waals surface area contributed by atoms with Gasteiger partial charge in [-0.05, 0) is 30.0 Å². The van der Waals surface area contributed by atoms with Crippen LogP contribution in [0.1, 0.15) is 5.56 Å². The molecule has 0 radical (unpaired) electrons. The molecule has 22 heavy (non-hydrogen) atoms. The van der Waals surface area contributed by atoms with Gasteiger partial charge in [0.2, 0.25) is 0 Å². The van der Waals surface area contributed by atoms with E-state index in [1.807, 2.05) is 6.07 Å². The van der Waals surface area contributed by atoms with Gasteiger partial charge in [-0.1, -0.05) is 24.1 Å². The molecular weight excluding hydrogens is 302 g/mol. The van der Waals surface area contributed by atoms with E-state index in [-0.39, 0.29) is 17.0 Å².